The topological polar surface area (TPSA) is 68.2 Å². The van der Waals surface area contributed by atoms with Gasteiger partial charge in [-0.05, 0) is 37.1 Å². The third-order valence-corrected chi connectivity index (χ3v) is 4.09. The summed E-state index contributed by atoms with van der Waals surface area (Å²) in [5.74, 6) is -0.135. The molecular formula is C15H20Cl2F3O5P. The largest absolute Gasteiger partial charge is 0.573 e. The van der Waals surface area contributed by atoms with Gasteiger partial charge in [0.1, 0.15) is 11.5 Å². The number of ether oxygens (including phenoxy) is 2. The Morgan fingerprint density at radius 3 is 1.88 bits per heavy atom. The van der Waals surface area contributed by atoms with E-state index in [0.717, 1.165) is 37.8 Å². The third kappa shape index (κ3) is 12.0. The average Bonchev–Trinajstić information content (AvgIpc) is 2.50. The van der Waals surface area contributed by atoms with Crippen LogP contribution in [0.4, 0.5) is 13.2 Å². The quantitative estimate of drug-likeness (QED) is 0.250. The van der Waals surface area contributed by atoms with Gasteiger partial charge in [0.25, 0.3) is 4.52 Å². The Bertz CT molecular complexity index is 515. The van der Waals surface area contributed by atoms with Crippen molar-refractivity contribution in [2.45, 2.75) is 49.4 Å². The highest BCUT2D eigenvalue weighted by atomic mass is 35.5. The average molecular weight is 439 g/mol. The highest BCUT2D eigenvalue weighted by Gasteiger charge is 2.31. The van der Waals surface area contributed by atoms with Crippen molar-refractivity contribution in [3.8, 4) is 11.5 Å². The number of hydrogen-bond donors (Lipinski definition) is 2. The minimum absolute atomic E-state index is 0.228. The van der Waals surface area contributed by atoms with Crippen molar-refractivity contribution in [2.24, 2.45) is 0 Å². The van der Waals surface area contributed by atoms with Gasteiger partial charge in [-0.3, -0.25) is 0 Å². The van der Waals surface area contributed by atoms with Crippen LogP contribution in [0.5, 0.6) is 11.5 Å². The summed E-state index contributed by atoms with van der Waals surface area (Å²) < 4.78 is 48.6. The molecule has 11 heteroatoms. The molecule has 0 aliphatic carbocycles. The third-order valence-electron chi connectivity index (χ3n) is 3.14. The highest BCUT2D eigenvalue weighted by molar-refractivity contribution is 7.39. The summed E-state index contributed by atoms with van der Waals surface area (Å²) in [6.45, 7) is 0.296. The Balaban J connectivity index is 2.24. The molecule has 0 atom stereocenters. The van der Waals surface area contributed by atoms with Crippen molar-refractivity contribution in [2.75, 3.05) is 6.61 Å². The predicted octanol–water partition coefficient (Wildman–Crippen LogP) is 5.66. The minimum atomic E-state index is -4.75. The van der Waals surface area contributed by atoms with E-state index in [9.17, 15) is 13.2 Å². The van der Waals surface area contributed by atoms with E-state index < -0.39 is 19.5 Å². The second-order valence-corrected chi connectivity index (χ2v) is 7.54. The molecule has 0 aliphatic heterocycles. The molecular weight excluding hydrogens is 419 g/mol. The lowest BCUT2D eigenvalue weighted by Crippen LogP contribution is -2.21. The van der Waals surface area contributed by atoms with Crippen molar-refractivity contribution in [1.82, 2.24) is 0 Å². The van der Waals surface area contributed by atoms with Crippen LogP contribution in [-0.2, 0) is 4.52 Å². The SMILES string of the molecule is OP(O)OCCCCCCCC(Cl)(Cl)Oc1ccc(OC(F)(F)F)cc1. The maximum Gasteiger partial charge on any atom is 0.573 e. The Labute approximate surface area is 161 Å². The predicted molar refractivity (Wildman–Crippen MR) is 93.2 cm³/mol. The first kappa shape index (κ1) is 23.5. The molecule has 0 amide bonds. The number of hydrogen-bond acceptors (Lipinski definition) is 5. The molecule has 0 saturated heterocycles. The van der Waals surface area contributed by atoms with Gasteiger partial charge in [-0.15, -0.1) is 13.2 Å². The maximum atomic E-state index is 12.1. The molecule has 1 aromatic rings. The van der Waals surface area contributed by atoms with Gasteiger partial charge in [-0.1, -0.05) is 42.5 Å². The van der Waals surface area contributed by atoms with Crippen molar-refractivity contribution in [3.05, 3.63) is 24.3 Å². The van der Waals surface area contributed by atoms with Gasteiger partial charge in [-0.25, -0.2) is 0 Å². The summed E-state index contributed by atoms with van der Waals surface area (Å²) in [6.07, 6.45) is -0.406. The molecule has 0 spiro atoms. The Hall–Kier alpha value is -0.500. The van der Waals surface area contributed by atoms with Gasteiger partial charge in [-0.2, -0.15) is 0 Å². The standard InChI is InChI=1S/C15H20Cl2F3O5P/c16-14(17,10-4-2-1-3-5-11-23-26(21)22)24-12-6-8-13(9-7-12)25-15(18,19)20/h6-9,21-22H,1-5,10-11H2. The molecule has 0 saturated carbocycles. The fourth-order valence-electron chi connectivity index (χ4n) is 2.04. The second kappa shape index (κ2) is 11.4. The van der Waals surface area contributed by atoms with Gasteiger partial charge in [0.15, 0.2) is 0 Å². The van der Waals surface area contributed by atoms with Crippen LogP contribution >= 0.6 is 31.8 Å². The lowest BCUT2D eigenvalue weighted by Gasteiger charge is -2.21. The van der Waals surface area contributed by atoms with Gasteiger partial charge in [0, 0.05) is 6.42 Å². The van der Waals surface area contributed by atoms with E-state index in [2.05, 4.69) is 9.26 Å². The molecule has 0 bridgehead atoms. The number of alkyl halides is 5. The molecule has 0 fully saturated rings. The molecule has 2 N–H and O–H groups in total. The molecule has 5 nitrogen and oxygen atoms in total. The fourth-order valence-corrected chi connectivity index (χ4v) is 2.78. The van der Waals surface area contributed by atoms with Crippen LogP contribution in [-0.4, -0.2) is 27.3 Å². The van der Waals surface area contributed by atoms with Crippen LogP contribution < -0.4 is 9.47 Å². The van der Waals surface area contributed by atoms with E-state index in [4.69, 9.17) is 37.7 Å². The van der Waals surface area contributed by atoms with Crippen LogP contribution in [0.3, 0.4) is 0 Å². The first-order chi connectivity index (χ1) is 12.1. The first-order valence-electron chi connectivity index (χ1n) is 7.81. The zero-order valence-corrected chi connectivity index (χ0v) is 16.1. The molecule has 1 aromatic carbocycles. The van der Waals surface area contributed by atoms with Crippen molar-refractivity contribution in [3.63, 3.8) is 0 Å². The molecule has 0 aliphatic rings. The number of rotatable bonds is 12. The van der Waals surface area contributed by atoms with E-state index in [0.29, 0.717) is 19.4 Å². The molecule has 26 heavy (non-hydrogen) atoms. The van der Waals surface area contributed by atoms with Crippen molar-refractivity contribution >= 4 is 31.8 Å². The van der Waals surface area contributed by atoms with Crippen LogP contribution in [0.2, 0.25) is 0 Å². The highest BCUT2D eigenvalue weighted by Crippen LogP contribution is 2.33. The summed E-state index contributed by atoms with van der Waals surface area (Å²) in [5.41, 5.74) is 0. The summed E-state index contributed by atoms with van der Waals surface area (Å²) in [6, 6.07) is 4.80. The van der Waals surface area contributed by atoms with Gasteiger partial charge < -0.3 is 23.8 Å². The Morgan fingerprint density at radius 1 is 0.846 bits per heavy atom. The van der Waals surface area contributed by atoms with Crippen LogP contribution in [0.25, 0.3) is 0 Å². The molecule has 0 heterocycles. The van der Waals surface area contributed by atoms with Crippen molar-refractivity contribution < 1.29 is 37.0 Å². The van der Waals surface area contributed by atoms with Gasteiger partial charge >= 0.3 is 15.0 Å². The number of benzene rings is 1. The zero-order valence-electron chi connectivity index (χ0n) is 13.7. The lowest BCUT2D eigenvalue weighted by molar-refractivity contribution is -0.274. The van der Waals surface area contributed by atoms with E-state index in [1.54, 1.807) is 0 Å². The molecule has 0 radical (unpaired) electrons. The lowest BCUT2D eigenvalue weighted by atomic mass is 10.1. The van der Waals surface area contributed by atoms with Crippen molar-refractivity contribution in [1.29, 1.82) is 0 Å². The minimum Gasteiger partial charge on any atom is -0.458 e. The summed E-state index contributed by atoms with van der Waals surface area (Å²) in [4.78, 5) is 17.1. The maximum absolute atomic E-state index is 12.1. The Kier molecular flexibility index (Phi) is 10.3. The smallest absolute Gasteiger partial charge is 0.458 e. The van der Waals surface area contributed by atoms with E-state index in [-0.39, 0.29) is 11.5 Å². The summed E-state index contributed by atoms with van der Waals surface area (Å²) in [7, 11) is -2.29. The molecule has 150 valence electrons. The zero-order chi connectivity index (χ0) is 19.6. The van der Waals surface area contributed by atoms with Gasteiger partial charge in [0.05, 0.1) is 6.61 Å². The van der Waals surface area contributed by atoms with Crippen LogP contribution in [0.15, 0.2) is 24.3 Å². The number of unbranched alkanes of at least 4 members (excludes halogenated alkanes) is 4. The molecule has 1 rings (SSSR count). The summed E-state index contributed by atoms with van der Waals surface area (Å²) >= 11 is 12.1. The molecule has 0 unspecified atom stereocenters. The van der Waals surface area contributed by atoms with Gasteiger partial charge in [0.2, 0.25) is 0 Å². The van der Waals surface area contributed by atoms with Crippen LogP contribution in [0.1, 0.15) is 38.5 Å². The van der Waals surface area contributed by atoms with Crippen LogP contribution in [0, 0.1) is 0 Å². The normalized spacial score (nSPS) is 12.5. The second-order valence-electron chi connectivity index (χ2n) is 5.36. The Morgan fingerprint density at radius 2 is 1.35 bits per heavy atom. The van der Waals surface area contributed by atoms with E-state index in [1.807, 2.05) is 0 Å². The fraction of sp³-hybridized carbons (Fsp3) is 0.600. The monoisotopic (exact) mass is 438 g/mol. The summed E-state index contributed by atoms with van der Waals surface area (Å²) in [5, 5.41) is 0. The first-order valence-corrected chi connectivity index (χ1v) is 9.73. The molecule has 0 aromatic heterocycles. The number of halogens is 5. The van der Waals surface area contributed by atoms with E-state index >= 15 is 0 Å². The van der Waals surface area contributed by atoms with E-state index in [1.165, 1.54) is 12.1 Å².